The molecular formula is C25H23N5O2. The van der Waals surface area contributed by atoms with Crippen molar-refractivity contribution in [3.8, 4) is 6.07 Å². The van der Waals surface area contributed by atoms with Crippen LogP contribution in [0, 0.1) is 17.2 Å². The van der Waals surface area contributed by atoms with Crippen molar-refractivity contribution in [2.45, 2.75) is 32.2 Å². The number of aromatic nitrogens is 2. The van der Waals surface area contributed by atoms with Crippen molar-refractivity contribution in [1.29, 1.82) is 5.26 Å². The summed E-state index contributed by atoms with van der Waals surface area (Å²) in [6, 6.07) is 16.9. The van der Waals surface area contributed by atoms with Crippen LogP contribution in [0.15, 0.2) is 54.7 Å². The Morgan fingerprint density at radius 3 is 2.69 bits per heavy atom. The second-order valence-corrected chi connectivity index (χ2v) is 8.40. The number of carbonyl (C=O) groups excluding carboxylic acids is 2. The summed E-state index contributed by atoms with van der Waals surface area (Å²) in [7, 11) is 0. The van der Waals surface area contributed by atoms with Crippen molar-refractivity contribution in [1.82, 2.24) is 9.78 Å². The fraction of sp³-hybridized carbons (Fsp3) is 0.280. The third-order valence-electron chi connectivity index (χ3n) is 6.31. The first kappa shape index (κ1) is 20.0. The molecule has 1 N–H and O–H groups in total. The lowest BCUT2D eigenvalue weighted by Crippen LogP contribution is -2.41. The minimum atomic E-state index is -0.424. The van der Waals surface area contributed by atoms with Gasteiger partial charge in [-0.3, -0.25) is 14.3 Å². The molecule has 1 aromatic heterocycles. The molecule has 0 bridgehead atoms. The highest BCUT2D eigenvalue weighted by atomic mass is 16.2. The summed E-state index contributed by atoms with van der Waals surface area (Å²) < 4.78 is 1.59. The third kappa shape index (κ3) is 3.76. The molecule has 7 nitrogen and oxygen atoms in total. The molecule has 5 rings (SSSR count). The molecular weight excluding hydrogens is 402 g/mol. The maximum Gasteiger partial charge on any atom is 0.277 e. The van der Waals surface area contributed by atoms with Gasteiger partial charge in [0.2, 0.25) is 0 Å². The van der Waals surface area contributed by atoms with E-state index < -0.39 is 5.91 Å². The van der Waals surface area contributed by atoms with Gasteiger partial charge in [0.05, 0.1) is 29.9 Å². The monoisotopic (exact) mass is 425 g/mol. The molecule has 3 aromatic rings. The van der Waals surface area contributed by atoms with E-state index in [1.807, 2.05) is 18.2 Å². The fourth-order valence-electron chi connectivity index (χ4n) is 4.32. The van der Waals surface area contributed by atoms with E-state index in [0.29, 0.717) is 24.3 Å². The Labute approximate surface area is 186 Å². The molecule has 0 atom stereocenters. The van der Waals surface area contributed by atoms with E-state index in [4.69, 9.17) is 5.26 Å². The van der Waals surface area contributed by atoms with Gasteiger partial charge in [0.25, 0.3) is 11.8 Å². The van der Waals surface area contributed by atoms with Crippen LogP contribution < -0.4 is 10.2 Å². The van der Waals surface area contributed by atoms with Gasteiger partial charge in [0.1, 0.15) is 5.69 Å². The van der Waals surface area contributed by atoms with Crippen molar-refractivity contribution in [2.75, 3.05) is 16.8 Å². The minimum Gasteiger partial charge on any atom is -0.322 e. The van der Waals surface area contributed by atoms with E-state index >= 15 is 0 Å². The molecule has 1 fully saturated rings. The summed E-state index contributed by atoms with van der Waals surface area (Å²) in [6.45, 7) is 1.02. The molecule has 2 aliphatic rings. The van der Waals surface area contributed by atoms with Gasteiger partial charge in [-0.2, -0.15) is 10.4 Å². The van der Waals surface area contributed by atoms with Crippen molar-refractivity contribution < 1.29 is 9.59 Å². The highest BCUT2D eigenvalue weighted by Crippen LogP contribution is 2.31. The Balaban J connectivity index is 1.35. The number of rotatable bonds is 5. The van der Waals surface area contributed by atoms with Gasteiger partial charge in [-0.25, -0.2) is 0 Å². The summed E-state index contributed by atoms with van der Waals surface area (Å²) >= 11 is 0. The number of nitrogens with zero attached hydrogens (tertiary/aromatic N) is 4. The summed E-state index contributed by atoms with van der Waals surface area (Å²) in [5.41, 5.74) is 3.58. The summed E-state index contributed by atoms with van der Waals surface area (Å²) in [5.74, 6) is 0.130. The SMILES string of the molecule is N#Cc1cccc(NC(=O)c2cnn3c2C(=O)N(c2ccc(CC4CCC4)cc2)CC3)c1. The lowest BCUT2D eigenvalue weighted by Gasteiger charge is -2.29. The second kappa shape index (κ2) is 8.31. The highest BCUT2D eigenvalue weighted by molar-refractivity contribution is 6.15. The summed E-state index contributed by atoms with van der Waals surface area (Å²) in [5, 5.41) is 16.1. The molecule has 2 amide bonds. The van der Waals surface area contributed by atoms with Crippen LogP contribution in [0.3, 0.4) is 0 Å². The van der Waals surface area contributed by atoms with Gasteiger partial charge >= 0.3 is 0 Å². The lowest BCUT2D eigenvalue weighted by molar-refractivity contribution is 0.0947. The molecule has 1 saturated carbocycles. The summed E-state index contributed by atoms with van der Waals surface area (Å²) in [4.78, 5) is 27.9. The van der Waals surface area contributed by atoms with E-state index in [2.05, 4.69) is 22.5 Å². The molecule has 1 aliphatic heterocycles. The van der Waals surface area contributed by atoms with Gasteiger partial charge in [0, 0.05) is 17.9 Å². The third-order valence-corrected chi connectivity index (χ3v) is 6.31. The van der Waals surface area contributed by atoms with Crippen LogP contribution in [-0.2, 0) is 13.0 Å². The minimum absolute atomic E-state index is 0.226. The predicted molar refractivity (Wildman–Crippen MR) is 121 cm³/mol. The van der Waals surface area contributed by atoms with E-state index in [1.54, 1.807) is 33.8 Å². The molecule has 2 aromatic carbocycles. The van der Waals surface area contributed by atoms with Crippen molar-refractivity contribution in [2.24, 2.45) is 5.92 Å². The van der Waals surface area contributed by atoms with Gasteiger partial charge in [-0.1, -0.05) is 37.5 Å². The van der Waals surface area contributed by atoms with Crippen molar-refractivity contribution in [3.05, 3.63) is 77.1 Å². The zero-order chi connectivity index (χ0) is 22.1. The smallest absolute Gasteiger partial charge is 0.277 e. The van der Waals surface area contributed by atoms with Crippen LogP contribution >= 0.6 is 0 Å². The van der Waals surface area contributed by atoms with Gasteiger partial charge in [-0.15, -0.1) is 0 Å². The largest absolute Gasteiger partial charge is 0.322 e. The number of hydrogen-bond acceptors (Lipinski definition) is 4. The molecule has 1 aliphatic carbocycles. The van der Waals surface area contributed by atoms with Crippen LogP contribution in [0.2, 0.25) is 0 Å². The first-order valence-electron chi connectivity index (χ1n) is 10.9. The maximum atomic E-state index is 13.3. The number of fused-ring (bicyclic) bond motifs is 1. The number of nitriles is 1. The normalized spacial score (nSPS) is 15.6. The van der Waals surface area contributed by atoms with E-state index in [0.717, 1.165) is 18.0 Å². The standard InChI is InChI=1S/C25H23N5O2/c26-15-19-5-2-6-20(14-19)28-24(31)22-16-27-30-12-11-29(25(32)23(22)30)21-9-7-18(8-10-21)13-17-3-1-4-17/h2,5-10,14,16-17H,1,3-4,11-13H2,(H,28,31). The second-order valence-electron chi connectivity index (χ2n) is 8.40. The Morgan fingerprint density at radius 1 is 1.16 bits per heavy atom. The number of carbonyl (C=O) groups is 2. The average molecular weight is 425 g/mol. The molecule has 0 radical (unpaired) electrons. The number of anilines is 2. The molecule has 0 spiro atoms. The Hall–Kier alpha value is -3.92. The highest BCUT2D eigenvalue weighted by Gasteiger charge is 2.32. The first-order valence-corrected chi connectivity index (χ1v) is 10.9. The van der Waals surface area contributed by atoms with Gasteiger partial charge in [-0.05, 0) is 48.2 Å². The van der Waals surface area contributed by atoms with Crippen molar-refractivity contribution in [3.63, 3.8) is 0 Å². The van der Waals surface area contributed by atoms with Gasteiger partial charge < -0.3 is 10.2 Å². The van der Waals surface area contributed by atoms with Crippen LogP contribution in [0.25, 0.3) is 0 Å². The van der Waals surface area contributed by atoms with Crippen LogP contribution in [0.4, 0.5) is 11.4 Å². The van der Waals surface area contributed by atoms with Crippen molar-refractivity contribution >= 4 is 23.2 Å². The van der Waals surface area contributed by atoms with E-state index in [-0.39, 0.29) is 17.2 Å². The topological polar surface area (TPSA) is 91.0 Å². The van der Waals surface area contributed by atoms with Crippen LogP contribution in [0.1, 0.15) is 51.2 Å². The fourth-order valence-corrected chi connectivity index (χ4v) is 4.32. The zero-order valence-corrected chi connectivity index (χ0v) is 17.6. The molecule has 0 saturated heterocycles. The van der Waals surface area contributed by atoms with E-state index in [1.165, 1.54) is 31.0 Å². The molecule has 160 valence electrons. The lowest BCUT2D eigenvalue weighted by atomic mass is 9.81. The molecule has 32 heavy (non-hydrogen) atoms. The molecule has 2 heterocycles. The number of amides is 2. The number of nitrogens with one attached hydrogen (secondary N) is 1. The molecule has 7 heteroatoms. The molecule has 0 unspecified atom stereocenters. The Kier molecular flexibility index (Phi) is 5.20. The zero-order valence-electron chi connectivity index (χ0n) is 17.6. The Bertz CT molecular complexity index is 1220. The quantitative estimate of drug-likeness (QED) is 0.669. The average Bonchev–Trinajstić information content (AvgIpc) is 3.22. The van der Waals surface area contributed by atoms with Gasteiger partial charge in [0.15, 0.2) is 0 Å². The van der Waals surface area contributed by atoms with E-state index in [9.17, 15) is 9.59 Å². The van der Waals surface area contributed by atoms with Crippen LogP contribution in [0.5, 0.6) is 0 Å². The number of benzene rings is 2. The van der Waals surface area contributed by atoms with Crippen LogP contribution in [-0.4, -0.2) is 28.1 Å². The summed E-state index contributed by atoms with van der Waals surface area (Å²) in [6.07, 6.45) is 6.47. The Morgan fingerprint density at radius 2 is 1.97 bits per heavy atom. The maximum absolute atomic E-state index is 13.3. The first-order chi connectivity index (χ1) is 15.6. The number of hydrogen-bond donors (Lipinski definition) is 1. The predicted octanol–water partition coefficient (Wildman–Crippen LogP) is 4.01.